The Labute approximate surface area is 184 Å². The van der Waals surface area contributed by atoms with Gasteiger partial charge in [-0.3, -0.25) is 14.2 Å². The van der Waals surface area contributed by atoms with Crippen molar-refractivity contribution in [2.75, 3.05) is 26.5 Å². The second kappa shape index (κ2) is 10.6. The van der Waals surface area contributed by atoms with Crippen LogP contribution < -0.4 is 5.56 Å². The number of hydrogen-bond acceptors (Lipinski definition) is 5. The average Bonchev–Trinajstić information content (AvgIpc) is 2.74. The predicted octanol–water partition coefficient (Wildman–Crippen LogP) is 3.84. The summed E-state index contributed by atoms with van der Waals surface area (Å²) in [6, 6.07) is 14.9. The van der Waals surface area contributed by atoms with Crippen molar-refractivity contribution < 1.29 is 9.53 Å². The van der Waals surface area contributed by atoms with Gasteiger partial charge in [-0.25, -0.2) is 4.98 Å². The number of benzene rings is 2. The Morgan fingerprint density at radius 3 is 2.73 bits per heavy atom. The molecule has 0 aliphatic rings. The molecule has 158 valence electrons. The van der Waals surface area contributed by atoms with Gasteiger partial charge in [-0.2, -0.15) is 0 Å². The highest BCUT2D eigenvalue weighted by Crippen LogP contribution is 2.21. The van der Waals surface area contributed by atoms with E-state index in [0.717, 1.165) is 5.56 Å². The summed E-state index contributed by atoms with van der Waals surface area (Å²) in [5, 5.41) is 1.53. The van der Waals surface area contributed by atoms with Crippen LogP contribution in [0.2, 0.25) is 5.02 Å². The van der Waals surface area contributed by atoms with Crippen LogP contribution in [0.3, 0.4) is 0 Å². The topological polar surface area (TPSA) is 64.4 Å². The van der Waals surface area contributed by atoms with E-state index < -0.39 is 0 Å². The van der Waals surface area contributed by atoms with Crippen molar-refractivity contribution in [2.24, 2.45) is 0 Å². The van der Waals surface area contributed by atoms with Gasteiger partial charge < -0.3 is 9.64 Å². The van der Waals surface area contributed by atoms with Gasteiger partial charge in [0.2, 0.25) is 5.91 Å². The van der Waals surface area contributed by atoms with Crippen LogP contribution in [0.15, 0.2) is 58.5 Å². The summed E-state index contributed by atoms with van der Waals surface area (Å²) in [4.78, 5) is 31.9. The summed E-state index contributed by atoms with van der Waals surface area (Å²) in [7, 11) is 3.40. The average molecular weight is 446 g/mol. The molecule has 3 rings (SSSR count). The first-order valence-corrected chi connectivity index (χ1v) is 11.0. The number of amides is 1. The Morgan fingerprint density at radius 1 is 1.23 bits per heavy atom. The minimum Gasteiger partial charge on any atom is -0.385 e. The summed E-state index contributed by atoms with van der Waals surface area (Å²) in [6.07, 6.45) is 0.673. The third kappa shape index (κ3) is 5.62. The number of thioether (sulfide) groups is 1. The number of halogens is 1. The van der Waals surface area contributed by atoms with Gasteiger partial charge in [-0.1, -0.05) is 53.7 Å². The lowest BCUT2D eigenvalue weighted by Crippen LogP contribution is -2.29. The zero-order valence-corrected chi connectivity index (χ0v) is 18.6. The fourth-order valence-corrected chi connectivity index (χ4v) is 4.16. The molecule has 0 radical (unpaired) electrons. The molecule has 0 atom stereocenters. The van der Waals surface area contributed by atoms with Gasteiger partial charge in [0.15, 0.2) is 5.16 Å². The zero-order chi connectivity index (χ0) is 21.5. The number of methoxy groups -OCH3 is 1. The number of carbonyl (C=O) groups excluding carboxylic acids is 1. The lowest BCUT2D eigenvalue weighted by Gasteiger charge is -2.18. The fourth-order valence-electron chi connectivity index (χ4n) is 3.03. The Morgan fingerprint density at radius 2 is 2.00 bits per heavy atom. The van der Waals surface area contributed by atoms with Gasteiger partial charge in [0, 0.05) is 38.9 Å². The van der Waals surface area contributed by atoms with Crippen LogP contribution in [0.1, 0.15) is 12.0 Å². The fraction of sp³-hybridized carbons (Fsp3) is 0.318. The van der Waals surface area contributed by atoms with Crippen molar-refractivity contribution >= 4 is 40.2 Å². The monoisotopic (exact) mass is 445 g/mol. The standard InChI is InChI=1S/C22H24ClN3O3S/c1-25(14-16-7-4-3-5-8-16)20(27)15-30-22-24-19-13-17(23)9-10-18(19)21(28)26(22)11-6-12-29-2/h3-5,7-10,13H,6,11-12,14-15H2,1-2H3. The summed E-state index contributed by atoms with van der Waals surface area (Å²) in [5.74, 6) is 0.152. The highest BCUT2D eigenvalue weighted by molar-refractivity contribution is 7.99. The van der Waals surface area contributed by atoms with Crippen LogP contribution in [0.4, 0.5) is 0 Å². The number of nitrogens with zero attached hydrogens (tertiary/aromatic N) is 3. The summed E-state index contributed by atoms with van der Waals surface area (Å²) in [6.45, 7) is 1.53. The second-order valence-corrected chi connectivity index (χ2v) is 8.26. The molecule has 0 unspecified atom stereocenters. The van der Waals surface area contributed by atoms with E-state index in [-0.39, 0.29) is 17.2 Å². The van der Waals surface area contributed by atoms with E-state index in [1.165, 1.54) is 11.8 Å². The van der Waals surface area contributed by atoms with Crippen LogP contribution in [0, 0.1) is 0 Å². The highest BCUT2D eigenvalue weighted by Gasteiger charge is 2.15. The molecular formula is C22H24ClN3O3S. The first kappa shape index (κ1) is 22.3. The molecule has 0 bridgehead atoms. The maximum Gasteiger partial charge on any atom is 0.262 e. The predicted molar refractivity (Wildman–Crippen MR) is 121 cm³/mol. The molecule has 0 aliphatic carbocycles. The Bertz CT molecular complexity index is 1070. The van der Waals surface area contributed by atoms with E-state index in [4.69, 9.17) is 16.3 Å². The van der Waals surface area contributed by atoms with Gasteiger partial charge >= 0.3 is 0 Å². The maximum atomic E-state index is 13.0. The summed E-state index contributed by atoms with van der Waals surface area (Å²) in [5.41, 5.74) is 1.46. The van der Waals surface area contributed by atoms with Gasteiger partial charge in [-0.15, -0.1) is 0 Å². The maximum absolute atomic E-state index is 13.0. The van der Waals surface area contributed by atoms with Crippen molar-refractivity contribution in [1.82, 2.24) is 14.5 Å². The van der Waals surface area contributed by atoms with E-state index in [1.54, 1.807) is 41.8 Å². The number of hydrogen-bond donors (Lipinski definition) is 0. The van der Waals surface area contributed by atoms with Crippen molar-refractivity contribution in [3.05, 3.63) is 69.5 Å². The first-order chi connectivity index (χ1) is 14.5. The van der Waals surface area contributed by atoms with Crippen molar-refractivity contribution in [1.29, 1.82) is 0 Å². The number of aromatic nitrogens is 2. The Balaban J connectivity index is 1.79. The molecule has 1 amide bonds. The molecule has 1 aromatic heterocycles. The van der Waals surface area contributed by atoms with Crippen LogP contribution >= 0.6 is 23.4 Å². The lowest BCUT2D eigenvalue weighted by atomic mass is 10.2. The molecule has 0 N–H and O–H groups in total. The number of rotatable bonds is 9. The molecule has 0 saturated carbocycles. The Kier molecular flexibility index (Phi) is 7.90. The molecule has 6 nitrogen and oxygen atoms in total. The van der Waals surface area contributed by atoms with E-state index >= 15 is 0 Å². The molecule has 2 aromatic carbocycles. The molecule has 8 heteroatoms. The highest BCUT2D eigenvalue weighted by atomic mass is 35.5. The van der Waals surface area contributed by atoms with Gasteiger partial charge in [-0.05, 0) is 30.2 Å². The third-order valence-corrected chi connectivity index (χ3v) is 5.82. The van der Waals surface area contributed by atoms with E-state index in [1.807, 2.05) is 30.3 Å². The van der Waals surface area contributed by atoms with Crippen LogP contribution in [0.25, 0.3) is 10.9 Å². The zero-order valence-electron chi connectivity index (χ0n) is 17.0. The summed E-state index contributed by atoms with van der Waals surface area (Å²) < 4.78 is 6.73. The number of carbonyl (C=O) groups is 1. The van der Waals surface area contributed by atoms with Crippen molar-refractivity contribution in [3.8, 4) is 0 Å². The smallest absolute Gasteiger partial charge is 0.262 e. The van der Waals surface area contributed by atoms with Crippen LogP contribution in [-0.4, -0.2) is 46.9 Å². The molecule has 0 saturated heterocycles. The number of ether oxygens (including phenoxy) is 1. The molecule has 0 fully saturated rings. The Hall–Kier alpha value is -2.35. The van der Waals surface area contributed by atoms with Crippen LogP contribution in [0.5, 0.6) is 0 Å². The molecule has 0 aliphatic heterocycles. The van der Waals surface area contributed by atoms with Crippen LogP contribution in [-0.2, 0) is 22.6 Å². The van der Waals surface area contributed by atoms with E-state index in [0.29, 0.717) is 47.2 Å². The first-order valence-electron chi connectivity index (χ1n) is 9.59. The minimum absolute atomic E-state index is 0.0345. The largest absolute Gasteiger partial charge is 0.385 e. The molecule has 3 aromatic rings. The molecule has 0 spiro atoms. The second-order valence-electron chi connectivity index (χ2n) is 6.88. The van der Waals surface area contributed by atoms with Gasteiger partial charge in [0.25, 0.3) is 5.56 Å². The lowest BCUT2D eigenvalue weighted by molar-refractivity contribution is -0.127. The normalized spacial score (nSPS) is 11.0. The van der Waals surface area contributed by atoms with Crippen molar-refractivity contribution in [2.45, 2.75) is 24.7 Å². The van der Waals surface area contributed by atoms with Gasteiger partial charge in [0.05, 0.1) is 16.7 Å². The molecule has 30 heavy (non-hydrogen) atoms. The quantitative estimate of drug-likeness (QED) is 0.284. The van der Waals surface area contributed by atoms with Crippen molar-refractivity contribution in [3.63, 3.8) is 0 Å². The molecular weight excluding hydrogens is 422 g/mol. The molecule has 1 heterocycles. The third-order valence-electron chi connectivity index (χ3n) is 4.63. The van der Waals surface area contributed by atoms with E-state index in [2.05, 4.69) is 4.98 Å². The summed E-state index contributed by atoms with van der Waals surface area (Å²) >= 11 is 7.34. The van der Waals surface area contributed by atoms with Gasteiger partial charge in [0.1, 0.15) is 0 Å². The minimum atomic E-state index is -0.139. The van der Waals surface area contributed by atoms with E-state index in [9.17, 15) is 9.59 Å². The number of fused-ring (bicyclic) bond motifs is 1. The SMILES string of the molecule is COCCCn1c(SCC(=O)N(C)Cc2ccccc2)nc2cc(Cl)ccc2c1=O.